The van der Waals surface area contributed by atoms with Gasteiger partial charge in [0.2, 0.25) is 0 Å². The second-order valence-corrected chi connectivity index (χ2v) is 3.37. The number of hydrogen-bond acceptors (Lipinski definition) is 3. The average molecular weight is 168 g/mol. The Morgan fingerprint density at radius 1 is 1.33 bits per heavy atom. The molecule has 0 spiro atoms. The molecule has 1 aliphatic carbocycles. The molecule has 0 amide bonds. The van der Waals surface area contributed by atoms with Crippen molar-refractivity contribution in [1.82, 2.24) is 0 Å². The molecule has 0 radical (unpaired) electrons. The van der Waals surface area contributed by atoms with Crippen molar-refractivity contribution in [2.24, 2.45) is 5.92 Å². The molecule has 0 aromatic carbocycles. The summed E-state index contributed by atoms with van der Waals surface area (Å²) in [7, 11) is 0. The lowest BCUT2D eigenvalue weighted by atomic mass is 9.86. The van der Waals surface area contributed by atoms with Crippen molar-refractivity contribution in [3.8, 4) is 0 Å². The molecule has 2 aliphatic rings. The number of carbonyl (C=O) groups is 1. The van der Waals surface area contributed by atoms with Gasteiger partial charge in [-0.25, -0.2) is 4.79 Å². The summed E-state index contributed by atoms with van der Waals surface area (Å²) in [6, 6.07) is 0. The standard InChI is InChI=1S/C9H12O3/c1-2-6-3-4-7-8(5-6)12-9(10)11-7/h2,6-8H,1,3-5H2/t6?,7-,8-/m1/s1. The van der Waals surface area contributed by atoms with Gasteiger partial charge in [-0.05, 0) is 25.2 Å². The molecule has 12 heavy (non-hydrogen) atoms. The maximum Gasteiger partial charge on any atom is 0.509 e. The van der Waals surface area contributed by atoms with Crippen LogP contribution in [0.2, 0.25) is 0 Å². The summed E-state index contributed by atoms with van der Waals surface area (Å²) >= 11 is 0. The SMILES string of the molecule is C=CC1CC[C@H]2OC(=O)O[C@@H]2C1. The van der Waals surface area contributed by atoms with E-state index in [9.17, 15) is 4.79 Å². The van der Waals surface area contributed by atoms with Crippen LogP contribution < -0.4 is 0 Å². The van der Waals surface area contributed by atoms with E-state index in [2.05, 4.69) is 6.58 Å². The fourth-order valence-electron chi connectivity index (χ4n) is 1.88. The molecule has 1 aliphatic heterocycles. The highest BCUT2D eigenvalue weighted by Crippen LogP contribution is 2.33. The predicted molar refractivity (Wildman–Crippen MR) is 42.7 cm³/mol. The van der Waals surface area contributed by atoms with Crippen LogP contribution in [-0.2, 0) is 9.47 Å². The van der Waals surface area contributed by atoms with Gasteiger partial charge in [-0.3, -0.25) is 0 Å². The first-order valence-corrected chi connectivity index (χ1v) is 4.29. The molecular formula is C9H12O3. The molecule has 2 rings (SSSR count). The van der Waals surface area contributed by atoms with Crippen LogP contribution in [0.4, 0.5) is 4.79 Å². The number of allylic oxidation sites excluding steroid dienone is 1. The third kappa shape index (κ3) is 1.19. The van der Waals surface area contributed by atoms with Crippen molar-refractivity contribution in [3.05, 3.63) is 12.7 Å². The van der Waals surface area contributed by atoms with Crippen LogP contribution in [0.15, 0.2) is 12.7 Å². The van der Waals surface area contributed by atoms with E-state index in [1.165, 1.54) is 0 Å². The first kappa shape index (κ1) is 7.65. The minimum absolute atomic E-state index is 0.00806. The van der Waals surface area contributed by atoms with Crippen LogP contribution in [0.5, 0.6) is 0 Å². The zero-order chi connectivity index (χ0) is 8.55. The van der Waals surface area contributed by atoms with Gasteiger partial charge >= 0.3 is 6.16 Å². The Morgan fingerprint density at radius 3 is 2.83 bits per heavy atom. The topological polar surface area (TPSA) is 35.5 Å². The molecule has 1 saturated heterocycles. The molecule has 0 aromatic heterocycles. The number of ether oxygens (including phenoxy) is 2. The summed E-state index contributed by atoms with van der Waals surface area (Å²) < 4.78 is 9.95. The summed E-state index contributed by atoms with van der Waals surface area (Å²) in [5.41, 5.74) is 0. The number of hydrogen-bond donors (Lipinski definition) is 0. The Labute approximate surface area is 71.3 Å². The van der Waals surface area contributed by atoms with Gasteiger partial charge in [0.05, 0.1) is 0 Å². The van der Waals surface area contributed by atoms with Gasteiger partial charge in [-0.2, -0.15) is 0 Å². The summed E-state index contributed by atoms with van der Waals surface area (Å²) in [6.07, 6.45) is 4.26. The fraction of sp³-hybridized carbons (Fsp3) is 0.667. The van der Waals surface area contributed by atoms with Gasteiger partial charge in [0.1, 0.15) is 12.2 Å². The molecule has 3 heteroatoms. The average Bonchev–Trinajstić information content (AvgIpc) is 2.43. The summed E-state index contributed by atoms with van der Waals surface area (Å²) in [4.78, 5) is 10.7. The van der Waals surface area contributed by atoms with E-state index in [0.717, 1.165) is 19.3 Å². The van der Waals surface area contributed by atoms with Gasteiger partial charge < -0.3 is 9.47 Å². The largest absolute Gasteiger partial charge is 0.509 e. The lowest BCUT2D eigenvalue weighted by Gasteiger charge is -2.25. The molecule has 1 saturated carbocycles. The number of rotatable bonds is 1. The third-order valence-corrected chi connectivity index (χ3v) is 2.60. The molecule has 0 aromatic rings. The molecule has 3 atom stereocenters. The summed E-state index contributed by atoms with van der Waals surface area (Å²) in [6.45, 7) is 3.74. The molecule has 2 fully saturated rings. The molecule has 1 heterocycles. The van der Waals surface area contributed by atoms with E-state index in [1.54, 1.807) is 0 Å². The van der Waals surface area contributed by atoms with Crippen molar-refractivity contribution in [2.75, 3.05) is 0 Å². The summed E-state index contributed by atoms with van der Waals surface area (Å²) in [5.74, 6) is 0.487. The number of carbonyl (C=O) groups excluding carboxylic acids is 1. The highest BCUT2D eigenvalue weighted by molar-refractivity contribution is 5.62. The Bertz CT molecular complexity index is 212. The quantitative estimate of drug-likeness (QED) is 0.443. The van der Waals surface area contributed by atoms with E-state index >= 15 is 0 Å². The second kappa shape index (κ2) is 2.81. The van der Waals surface area contributed by atoms with Crippen LogP contribution in [0.25, 0.3) is 0 Å². The molecule has 0 N–H and O–H groups in total. The normalized spacial score (nSPS) is 39.7. The van der Waals surface area contributed by atoms with Crippen molar-refractivity contribution in [3.63, 3.8) is 0 Å². The van der Waals surface area contributed by atoms with E-state index < -0.39 is 6.16 Å². The maximum absolute atomic E-state index is 10.7. The lowest BCUT2D eigenvalue weighted by molar-refractivity contribution is 0.0932. The highest BCUT2D eigenvalue weighted by atomic mass is 16.8. The Balaban J connectivity index is 2.01. The predicted octanol–water partition coefficient (Wildman–Crippen LogP) is 1.88. The Morgan fingerprint density at radius 2 is 2.08 bits per heavy atom. The van der Waals surface area contributed by atoms with Gasteiger partial charge in [0.15, 0.2) is 0 Å². The van der Waals surface area contributed by atoms with Gasteiger partial charge in [-0.15, -0.1) is 6.58 Å². The Kier molecular flexibility index (Phi) is 1.79. The van der Waals surface area contributed by atoms with Crippen LogP contribution >= 0.6 is 0 Å². The van der Waals surface area contributed by atoms with E-state index in [1.807, 2.05) is 6.08 Å². The molecule has 0 bridgehead atoms. The number of fused-ring (bicyclic) bond motifs is 1. The van der Waals surface area contributed by atoms with Crippen molar-refractivity contribution in [2.45, 2.75) is 31.5 Å². The third-order valence-electron chi connectivity index (χ3n) is 2.60. The smallest absolute Gasteiger partial charge is 0.427 e. The fourth-order valence-corrected chi connectivity index (χ4v) is 1.88. The first-order chi connectivity index (χ1) is 5.79. The van der Waals surface area contributed by atoms with E-state index in [4.69, 9.17) is 9.47 Å². The maximum atomic E-state index is 10.7. The molecular weight excluding hydrogens is 156 g/mol. The summed E-state index contributed by atoms with van der Waals surface area (Å²) in [5, 5.41) is 0. The zero-order valence-electron chi connectivity index (χ0n) is 6.86. The van der Waals surface area contributed by atoms with E-state index in [0.29, 0.717) is 5.92 Å². The van der Waals surface area contributed by atoms with Crippen LogP contribution in [0, 0.1) is 5.92 Å². The minimum Gasteiger partial charge on any atom is -0.427 e. The molecule has 3 nitrogen and oxygen atoms in total. The lowest BCUT2D eigenvalue weighted by Crippen LogP contribution is -2.30. The van der Waals surface area contributed by atoms with Gasteiger partial charge in [0.25, 0.3) is 0 Å². The first-order valence-electron chi connectivity index (χ1n) is 4.29. The van der Waals surface area contributed by atoms with E-state index in [-0.39, 0.29) is 12.2 Å². The van der Waals surface area contributed by atoms with Crippen molar-refractivity contribution < 1.29 is 14.3 Å². The van der Waals surface area contributed by atoms with Crippen LogP contribution in [0.3, 0.4) is 0 Å². The molecule has 66 valence electrons. The molecule has 1 unspecified atom stereocenters. The minimum atomic E-state index is -0.505. The highest BCUT2D eigenvalue weighted by Gasteiger charge is 2.40. The van der Waals surface area contributed by atoms with Crippen molar-refractivity contribution in [1.29, 1.82) is 0 Å². The monoisotopic (exact) mass is 168 g/mol. The zero-order valence-corrected chi connectivity index (χ0v) is 6.86. The van der Waals surface area contributed by atoms with Gasteiger partial charge in [-0.1, -0.05) is 6.08 Å². The van der Waals surface area contributed by atoms with Gasteiger partial charge in [0, 0.05) is 0 Å². The van der Waals surface area contributed by atoms with Crippen LogP contribution in [0.1, 0.15) is 19.3 Å². The second-order valence-electron chi connectivity index (χ2n) is 3.37. The van der Waals surface area contributed by atoms with Crippen LogP contribution in [-0.4, -0.2) is 18.4 Å². The Hall–Kier alpha value is -0.990. The van der Waals surface area contributed by atoms with Crippen molar-refractivity contribution >= 4 is 6.16 Å².